The van der Waals surface area contributed by atoms with Crippen LogP contribution < -0.4 is 10.2 Å². The molecule has 2 amide bonds. The molecule has 2 unspecified atom stereocenters. The zero-order valence-corrected chi connectivity index (χ0v) is 14.3. The van der Waals surface area contributed by atoms with Gasteiger partial charge in [0.2, 0.25) is 11.8 Å². The van der Waals surface area contributed by atoms with Crippen LogP contribution in [-0.4, -0.2) is 29.0 Å². The molecule has 132 valence electrons. The van der Waals surface area contributed by atoms with Crippen LogP contribution in [0.5, 0.6) is 0 Å². The van der Waals surface area contributed by atoms with Crippen molar-refractivity contribution in [2.24, 2.45) is 0 Å². The number of amides is 2. The third-order valence-corrected chi connectivity index (χ3v) is 4.46. The van der Waals surface area contributed by atoms with Crippen LogP contribution in [0.2, 0.25) is 0 Å². The smallest absolute Gasteiger partial charge is 0.243 e. The minimum atomic E-state index is -0.782. The summed E-state index contributed by atoms with van der Waals surface area (Å²) in [5, 5.41) is 13.0. The molecule has 25 heavy (non-hydrogen) atoms. The van der Waals surface area contributed by atoms with Gasteiger partial charge in [-0.15, -0.1) is 0 Å². The molecule has 1 aliphatic heterocycles. The average molecular weight is 342 g/mol. The van der Waals surface area contributed by atoms with Crippen molar-refractivity contribution >= 4 is 17.5 Å². The van der Waals surface area contributed by atoms with E-state index in [1.54, 1.807) is 17.0 Å². The summed E-state index contributed by atoms with van der Waals surface area (Å²) in [5.74, 6) is 0.0960. The van der Waals surface area contributed by atoms with E-state index in [0.717, 1.165) is 11.3 Å². The van der Waals surface area contributed by atoms with Crippen LogP contribution in [0.25, 0.3) is 0 Å². The van der Waals surface area contributed by atoms with E-state index in [-0.39, 0.29) is 17.9 Å². The number of aliphatic hydroxyl groups is 1. The number of para-hydroxylation sites is 1. The van der Waals surface area contributed by atoms with Crippen molar-refractivity contribution in [3.05, 3.63) is 54.0 Å². The first-order valence-electron chi connectivity index (χ1n) is 8.37. The van der Waals surface area contributed by atoms with E-state index in [1.165, 1.54) is 13.2 Å². The van der Waals surface area contributed by atoms with E-state index in [4.69, 9.17) is 4.42 Å². The Hall–Kier alpha value is -2.60. The zero-order valence-electron chi connectivity index (χ0n) is 14.3. The predicted octanol–water partition coefficient (Wildman–Crippen LogP) is 2.19. The molecule has 1 aromatic heterocycles. The molecule has 0 saturated carbocycles. The van der Waals surface area contributed by atoms with Crippen LogP contribution in [-0.2, 0) is 16.0 Å². The molecule has 1 aromatic carbocycles. The first-order valence-corrected chi connectivity index (χ1v) is 8.37. The highest BCUT2D eigenvalue weighted by Gasteiger charge is 2.37. The van der Waals surface area contributed by atoms with Gasteiger partial charge in [0, 0.05) is 31.5 Å². The lowest BCUT2D eigenvalue weighted by Gasteiger charge is -2.25. The molecular weight excluding hydrogens is 320 g/mol. The van der Waals surface area contributed by atoms with Gasteiger partial charge in [-0.1, -0.05) is 18.2 Å². The minimum Gasteiger partial charge on any atom is -0.467 e. The summed E-state index contributed by atoms with van der Waals surface area (Å²) in [6, 6.07) is 10.1. The second kappa shape index (κ2) is 7.11. The first-order chi connectivity index (χ1) is 12.0. The molecule has 3 atom stereocenters. The number of furan rings is 1. The molecule has 1 aliphatic rings. The molecule has 0 bridgehead atoms. The van der Waals surface area contributed by atoms with E-state index in [2.05, 4.69) is 5.32 Å². The fraction of sp³-hybridized carbons (Fsp3) is 0.368. The molecule has 0 aliphatic carbocycles. The van der Waals surface area contributed by atoms with Crippen molar-refractivity contribution < 1.29 is 19.1 Å². The van der Waals surface area contributed by atoms with Crippen molar-refractivity contribution in [3.63, 3.8) is 0 Å². The van der Waals surface area contributed by atoms with Crippen molar-refractivity contribution in [1.29, 1.82) is 0 Å². The van der Waals surface area contributed by atoms with Crippen LogP contribution in [0.4, 0.5) is 5.69 Å². The van der Waals surface area contributed by atoms with Gasteiger partial charge >= 0.3 is 0 Å². The Morgan fingerprint density at radius 2 is 2.08 bits per heavy atom. The fourth-order valence-corrected chi connectivity index (χ4v) is 3.31. The minimum absolute atomic E-state index is 0.159. The van der Waals surface area contributed by atoms with Gasteiger partial charge in [-0.25, -0.2) is 0 Å². The summed E-state index contributed by atoms with van der Waals surface area (Å²) in [6.45, 7) is 3.29. The van der Waals surface area contributed by atoms with Gasteiger partial charge in [0.1, 0.15) is 17.9 Å². The Bertz CT molecular complexity index is 757. The van der Waals surface area contributed by atoms with Gasteiger partial charge < -0.3 is 14.8 Å². The number of fused-ring (bicyclic) bond motifs is 1. The fourth-order valence-electron chi connectivity index (χ4n) is 3.31. The van der Waals surface area contributed by atoms with Gasteiger partial charge in [0.15, 0.2) is 0 Å². The second-order valence-electron chi connectivity index (χ2n) is 6.41. The number of aliphatic hydroxyl groups excluding tert-OH is 1. The van der Waals surface area contributed by atoms with Gasteiger partial charge in [-0.2, -0.15) is 0 Å². The Morgan fingerprint density at radius 3 is 2.76 bits per heavy atom. The lowest BCUT2D eigenvalue weighted by Crippen LogP contribution is -2.49. The lowest BCUT2D eigenvalue weighted by molar-refractivity contribution is -0.126. The molecule has 0 radical (unpaired) electrons. The Labute approximate surface area is 146 Å². The van der Waals surface area contributed by atoms with E-state index in [0.29, 0.717) is 18.6 Å². The van der Waals surface area contributed by atoms with Crippen molar-refractivity contribution in [2.75, 3.05) is 4.90 Å². The third kappa shape index (κ3) is 3.58. The molecule has 0 spiro atoms. The first kappa shape index (κ1) is 17.2. The van der Waals surface area contributed by atoms with Crippen LogP contribution >= 0.6 is 0 Å². The largest absolute Gasteiger partial charge is 0.467 e. The third-order valence-electron chi connectivity index (χ3n) is 4.46. The maximum Gasteiger partial charge on any atom is 0.243 e. The average Bonchev–Trinajstić information content (AvgIpc) is 3.22. The maximum absolute atomic E-state index is 12.7. The molecule has 2 aromatic rings. The van der Waals surface area contributed by atoms with E-state index in [9.17, 15) is 14.7 Å². The molecule has 3 rings (SSSR count). The van der Waals surface area contributed by atoms with Crippen molar-refractivity contribution in [3.8, 4) is 0 Å². The van der Waals surface area contributed by atoms with Gasteiger partial charge in [0.25, 0.3) is 0 Å². The normalized spacial score (nSPS) is 18.5. The number of carbonyl (C=O) groups is 2. The SMILES string of the molecule is CC(=O)N1c2ccccc2C[C@H]1C(=O)NC(C)CC(O)c1ccco1. The number of rotatable bonds is 5. The second-order valence-corrected chi connectivity index (χ2v) is 6.41. The topological polar surface area (TPSA) is 82.8 Å². The van der Waals surface area contributed by atoms with Crippen molar-refractivity contribution in [1.82, 2.24) is 5.32 Å². The highest BCUT2D eigenvalue weighted by Crippen LogP contribution is 2.32. The molecule has 6 nitrogen and oxygen atoms in total. The summed E-state index contributed by atoms with van der Waals surface area (Å²) in [7, 11) is 0. The molecule has 2 N–H and O–H groups in total. The predicted molar refractivity (Wildman–Crippen MR) is 93.0 cm³/mol. The van der Waals surface area contributed by atoms with Crippen LogP contribution in [0.1, 0.15) is 37.7 Å². The highest BCUT2D eigenvalue weighted by molar-refractivity contribution is 6.02. The standard InChI is InChI=1S/C19H22N2O4/c1-12(10-17(23)18-8-5-9-25-18)20-19(24)16-11-14-6-3-4-7-15(14)21(16)13(2)22/h3-9,12,16-17,23H,10-11H2,1-2H3,(H,20,24)/t12?,16-,17?/m0/s1. The Kier molecular flexibility index (Phi) is 4.90. The number of anilines is 1. The van der Waals surface area contributed by atoms with Gasteiger partial charge in [-0.05, 0) is 30.7 Å². The number of carbonyl (C=O) groups excluding carboxylic acids is 2. The van der Waals surface area contributed by atoms with Gasteiger partial charge in [-0.3, -0.25) is 14.5 Å². The Balaban J connectivity index is 1.65. The number of benzene rings is 1. The number of hydrogen-bond donors (Lipinski definition) is 2. The lowest BCUT2D eigenvalue weighted by atomic mass is 10.1. The van der Waals surface area contributed by atoms with Crippen LogP contribution in [0.3, 0.4) is 0 Å². The zero-order chi connectivity index (χ0) is 18.0. The van der Waals surface area contributed by atoms with Crippen LogP contribution in [0.15, 0.2) is 47.1 Å². The quantitative estimate of drug-likeness (QED) is 0.872. The van der Waals surface area contributed by atoms with Crippen molar-refractivity contribution in [2.45, 2.75) is 44.9 Å². The summed E-state index contributed by atoms with van der Waals surface area (Å²) in [5.41, 5.74) is 1.78. The molecular formula is C19H22N2O4. The van der Waals surface area contributed by atoms with E-state index >= 15 is 0 Å². The number of hydrogen-bond acceptors (Lipinski definition) is 4. The van der Waals surface area contributed by atoms with E-state index < -0.39 is 12.1 Å². The van der Waals surface area contributed by atoms with Gasteiger partial charge in [0.05, 0.1) is 6.26 Å². The molecule has 2 heterocycles. The molecule has 0 saturated heterocycles. The Morgan fingerprint density at radius 1 is 1.32 bits per heavy atom. The summed E-state index contributed by atoms with van der Waals surface area (Å²) >= 11 is 0. The number of nitrogens with one attached hydrogen (secondary N) is 1. The summed E-state index contributed by atoms with van der Waals surface area (Å²) in [4.78, 5) is 26.3. The summed E-state index contributed by atoms with van der Waals surface area (Å²) in [6.07, 6.45) is 1.55. The highest BCUT2D eigenvalue weighted by atomic mass is 16.4. The summed E-state index contributed by atoms with van der Waals surface area (Å²) < 4.78 is 5.18. The monoisotopic (exact) mass is 342 g/mol. The maximum atomic E-state index is 12.7. The van der Waals surface area contributed by atoms with E-state index in [1.807, 2.05) is 31.2 Å². The molecule has 0 fully saturated rings. The van der Waals surface area contributed by atoms with Crippen LogP contribution in [0, 0.1) is 0 Å². The molecule has 6 heteroatoms. The number of nitrogens with zero attached hydrogens (tertiary/aromatic N) is 1.